The van der Waals surface area contributed by atoms with Crippen LogP contribution < -0.4 is 14.8 Å². The number of sulfonamides is 1. The highest BCUT2D eigenvalue weighted by atomic mass is 32.2. The SMILES string of the molecule is COc1cccc(CNC(=O)CCNS(=O)(=O)c2ccc(C(C)(C)C)cc2)c1. The van der Waals surface area contributed by atoms with E-state index in [0.29, 0.717) is 6.54 Å². The molecule has 0 heterocycles. The van der Waals surface area contributed by atoms with Crippen LogP contribution in [0.15, 0.2) is 53.4 Å². The van der Waals surface area contributed by atoms with E-state index in [1.807, 2.05) is 36.4 Å². The summed E-state index contributed by atoms with van der Waals surface area (Å²) in [5.74, 6) is 0.491. The number of hydrogen-bond acceptors (Lipinski definition) is 4. The third-order valence-electron chi connectivity index (χ3n) is 4.30. The van der Waals surface area contributed by atoms with Gasteiger partial charge in [0.15, 0.2) is 0 Å². The van der Waals surface area contributed by atoms with Crippen molar-refractivity contribution >= 4 is 15.9 Å². The maximum atomic E-state index is 12.4. The van der Waals surface area contributed by atoms with Crippen molar-refractivity contribution in [1.82, 2.24) is 10.0 Å². The van der Waals surface area contributed by atoms with Gasteiger partial charge in [0.25, 0.3) is 0 Å². The third-order valence-corrected chi connectivity index (χ3v) is 5.78. The summed E-state index contributed by atoms with van der Waals surface area (Å²) < 4.78 is 32.4. The van der Waals surface area contributed by atoms with Crippen molar-refractivity contribution in [1.29, 1.82) is 0 Å². The molecule has 28 heavy (non-hydrogen) atoms. The molecule has 2 rings (SSSR count). The number of hydrogen-bond donors (Lipinski definition) is 2. The second kappa shape index (κ2) is 9.21. The molecule has 0 saturated heterocycles. The molecule has 0 aromatic heterocycles. The van der Waals surface area contributed by atoms with Gasteiger partial charge < -0.3 is 10.1 Å². The van der Waals surface area contributed by atoms with Crippen molar-refractivity contribution < 1.29 is 17.9 Å². The molecule has 0 fully saturated rings. The van der Waals surface area contributed by atoms with E-state index >= 15 is 0 Å². The average Bonchev–Trinajstić information content (AvgIpc) is 2.66. The molecule has 1 amide bonds. The molecule has 0 aliphatic rings. The topological polar surface area (TPSA) is 84.5 Å². The zero-order chi connectivity index (χ0) is 20.8. The molecule has 7 heteroatoms. The van der Waals surface area contributed by atoms with Gasteiger partial charge in [-0.2, -0.15) is 0 Å². The second-order valence-electron chi connectivity index (χ2n) is 7.55. The predicted octanol–water partition coefficient (Wildman–Crippen LogP) is 2.98. The van der Waals surface area contributed by atoms with Crippen molar-refractivity contribution in [2.45, 2.75) is 44.0 Å². The second-order valence-corrected chi connectivity index (χ2v) is 9.32. The first-order valence-electron chi connectivity index (χ1n) is 9.12. The van der Waals surface area contributed by atoms with Crippen LogP contribution in [0.1, 0.15) is 38.3 Å². The van der Waals surface area contributed by atoms with Crippen molar-refractivity contribution in [2.24, 2.45) is 0 Å². The summed E-state index contributed by atoms with van der Waals surface area (Å²) >= 11 is 0. The van der Waals surface area contributed by atoms with Crippen LogP contribution in [-0.2, 0) is 26.8 Å². The number of benzene rings is 2. The van der Waals surface area contributed by atoms with Crippen molar-refractivity contribution in [2.75, 3.05) is 13.7 Å². The Hall–Kier alpha value is -2.38. The van der Waals surface area contributed by atoms with E-state index in [0.717, 1.165) is 16.9 Å². The van der Waals surface area contributed by atoms with Gasteiger partial charge in [-0.25, -0.2) is 13.1 Å². The van der Waals surface area contributed by atoms with Crippen molar-refractivity contribution in [3.63, 3.8) is 0 Å². The lowest BCUT2D eigenvalue weighted by molar-refractivity contribution is -0.121. The summed E-state index contributed by atoms with van der Waals surface area (Å²) in [6.45, 7) is 6.60. The number of amides is 1. The zero-order valence-corrected chi connectivity index (χ0v) is 17.6. The molecule has 0 aliphatic carbocycles. The van der Waals surface area contributed by atoms with E-state index in [1.54, 1.807) is 19.2 Å². The fourth-order valence-electron chi connectivity index (χ4n) is 2.59. The molecule has 2 aromatic rings. The number of rotatable bonds is 8. The summed E-state index contributed by atoms with van der Waals surface area (Å²) in [6.07, 6.45) is 0.0588. The van der Waals surface area contributed by atoms with Crippen LogP contribution >= 0.6 is 0 Å². The summed E-state index contributed by atoms with van der Waals surface area (Å²) in [4.78, 5) is 12.2. The van der Waals surface area contributed by atoms with Gasteiger partial charge in [0.1, 0.15) is 5.75 Å². The molecule has 6 nitrogen and oxygen atoms in total. The quantitative estimate of drug-likeness (QED) is 0.708. The first-order valence-corrected chi connectivity index (χ1v) is 10.6. The number of nitrogens with one attached hydrogen (secondary N) is 2. The summed E-state index contributed by atoms with van der Waals surface area (Å²) in [5, 5.41) is 2.77. The van der Waals surface area contributed by atoms with Gasteiger partial charge >= 0.3 is 0 Å². The molecular formula is C21H28N2O4S. The Morgan fingerprint density at radius 2 is 1.75 bits per heavy atom. The predicted molar refractivity (Wildman–Crippen MR) is 110 cm³/mol. The number of methoxy groups -OCH3 is 1. The Morgan fingerprint density at radius 1 is 1.07 bits per heavy atom. The Bertz CT molecular complexity index is 901. The van der Waals surface area contributed by atoms with Crippen molar-refractivity contribution in [3.8, 4) is 5.75 Å². The van der Waals surface area contributed by atoms with E-state index in [9.17, 15) is 13.2 Å². The van der Waals surface area contributed by atoms with Crippen LogP contribution in [-0.4, -0.2) is 28.0 Å². The van der Waals surface area contributed by atoms with E-state index in [4.69, 9.17) is 4.74 Å². The van der Waals surface area contributed by atoms with Crippen LogP contribution in [0.4, 0.5) is 0 Å². The van der Waals surface area contributed by atoms with Gasteiger partial charge in [-0.1, -0.05) is 45.0 Å². The minimum atomic E-state index is -3.64. The lowest BCUT2D eigenvalue weighted by atomic mass is 9.87. The molecule has 0 radical (unpaired) electrons. The Kier molecular flexibility index (Phi) is 7.21. The number of ether oxygens (including phenoxy) is 1. The van der Waals surface area contributed by atoms with Gasteiger partial charge in [0.2, 0.25) is 15.9 Å². The first-order chi connectivity index (χ1) is 13.1. The van der Waals surface area contributed by atoms with Gasteiger partial charge in [0.05, 0.1) is 12.0 Å². The molecule has 2 N–H and O–H groups in total. The maximum absolute atomic E-state index is 12.4. The average molecular weight is 405 g/mol. The van der Waals surface area contributed by atoms with Gasteiger partial charge in [-0.15, -0.1) is 0 Å². The smallest absolute Gasteiger partial charge is 0.240 e. The third kappa shape index (κ3) is 6.35. The van der Waals surface area contributed by atoms with E-state index in [2.05, 4.69) is 30.8 Å². The van der Waals surface area contributed by atoms with E-state index < -0.39 is 10.0 Å². The lowest BCUT2D eigenvalue weighted by Gasteiger charge is -2.19. The highest BCUT2D eigenvalue weighted by Crippen LogP contribution is 2.23. The van der Waals surface area contributed by atoms with Crippen LogP contribution in [0.25, 0.3) is 0 Å². The monoisotopic (exact) mass is 404 g/mol. The molecule has 0 unspecified atom stereocenters. The minimum absolute atomic E-state index is 0.0350. The fraction of sp³-hybridized carbons (Fsp3) is 0.381. The molecule has 0 aliphatic heterocycles. The fourth-order valence-corrected chi connectivity index (χ4v) is 3.62. The molecule has 0 atom stereocenters. The summed E-state index contributed by atoms with van der Waals surface area (Å²) in [5.41, 5.74) is 1.92. The van der Waals surface area contributed by atoms with Gasteiger partial charge in [0, 0.05) is 19.5 Å². The zero-order valence-electron chi connectivity index (χ0n) is 16.8. The van der Waals surface area contributed by atoms with Gasteiger partial charge in [-0.05, 0) is 40.8 Å². The largest absolute Gasteiger partial charge is 0.497 e. The van der Waals surface area contributed by atoms with E-state index in [-0.39, 0.29) is 29.2 Å². The van der Waals surface area contributed by atoms with Crippen LogP contribution in [0.5, 0.6) is 5.75 Å². The highest BCUT2D eigenvalue weighted by Gasteiger charge is 2.17. The summed E-state index contributed by atoms with van der Waals surface area (Å²) in [6, 6.07) is 14.2. The molecule has 2 aromatic carbocycles. The van der Waals surface area contributed by atoms with Crippen LogP contribution in [0.2, 0.25) is 0 Å². The molecule has 0 spiro atoms. The summed E-state index contributed by atoms with van der Waals surface area (Å²) in [7, 11) is -2.06. The Balaban J connectivity index is 1.83. The van der Waals surface area contributed by atoms with Crippen LogP contribution in [0.3, 0.4) is 0 Å². The van der Waals surface area contributed by atoms with Crippen LogP contribution in [0, 0.1) is 0 Å². The van der Waals surface area contributed by atoms with E-state index in [1.165, 1.54) is 0 Å². The highest BCUT2D eigenvalue weighted by molar-refractivity contribution is 7.89. The minimum Gasteiger partial charge on any atom is -0.497 e. The van der Waals surface area contributed by atoms with Gasteiger partial charge in [-0.3, -0.25) is 4.79 Å². The molecular weight excluding hydrogens is 376 g/mol. The number of carbonyl (C=O) groups is 1. The Labute approximate surface area is 167 Å². The lowest BCUT2D eigenvalue weighted by Crippen LogP contribution is -2.30. The number of carbonyl (C=O) groups excluding carboxylic acids is 1. The standard InChI is InChI=1S/C21H28N2O4S/c1-21(2,3)17-8-10-19(11-9-17)28(25,26)23-13-12-20(24)22-15-16-6-5-7-18(14-16)27-4/h5-11,14,23H,12-13,15H2,1-4H3,(H,22,24). The molecule has 152 valence electrons. The Morgan fingerprint density at radius 3 is 2.36 bits per heavy atom. The molecule has 0 bridgehead atoms. The first kappa shape index (κ1) is 21.9. The van der Waals surface area contributed by atoms with Crippen molar-refractivity contribution in [3.05, 3.63) is 59.7 Å². The maximum Gasteiger partial charge on any atom is 0.240 e. The molecule has 0 saturated carbocycles. The normalized spacial score (nSPS) is 11.9.